The molecule has 0 aromatic rings. The molecule has 1 atom stereocenters. The van der Waals surface area contributed by atoms with E-state index in [4.69, 9.17) is 5.73 Å². The lowest BCUT2D eigenvalue weighted by molar-refractivity contribution is 1.21. The van der Waals surface area contributed by atoms with E-state index < -0.39 is 0 Å². The minimum absolute atomic E-state index is 0.597. The van der Waals surface area contributed by atoms with Crippen molar-refractivity contribution in [3.05, 3.63) is 36.7 Å². The first-order valence-corrected chi connectivity index (χ1v) is 3.05. The zero-order chi connectivity index (χ0) is 7.28. The third-order valence-corrected chi connectivity index (χ3v) is 1.20. The highest BCUT2D eigenvalue weighted by molar-refractivity contribution is 7.14. The van der Waals surface area contributed by atoms with Gasteiger partial charge in [0, 0.05) is 0 Å². The largest absolute Gasteiger partial charge is 0.397 e. The Kier molecular flexibility index (Phi) is 3.81. The summed E-state index contributed by atoms with van der Waals surface area (Å²) in [5.41, 5.74) is 6.82. The van der Waals surface area contributed by atoms with Crippen LogP contribution in [0.3, 0.4) is 0 Å². The number of rotatable bonds is 3. The molecule has 0 aromatic carbocycles. The van der Waals surface area contributed by atoms with E-state index in [1.54, 1.807) is 12.2 Å². The molecule has 0 aliphatic carbocycles. The molecule has 0 saturated carbocycles. The topological polar surface area (TPSA) is 38.0 Å². The number of nitrogens with one attached hydrogen (secondary N) is 1. The van der Waals surface area contributed by atoms with E-state index in [1.807, 2.05) is 0 Å². The zero-order valence-corrected chi connectivity index (χ0v) is 6.38. The molecule has 0 aliphatic rings. The summed E-state index contributed by atoms with van der Waals surface area (Å²) >= 11 is 0. The minimum atomic E-state index is 0.597. The van der Waals surface area contributed by atoms with Crippen molar-refractivity contribution < 1.29 is 0 Å². The van der Waals surface area contributed by atoms with Crippen molar-refractivity contribution >= 4 is 9.39 Å². The zero-order valence-electron chi connectivity index (χ0n) is 5.22. The maximum absolute atomic E-state index is 5.45. The third-order valence-electron chi connectivity index (χ3n) is 0.891. The van der Waals surface area contributed by atoms with Crippen LogP contribution < -0.4 is 10.8 Å². The van der Waals surface area contributed by atoms with Crippen molar-refractivity contribution in [2.45, 2.75) is 0 Å². The smallest absolute Gasteiger partial charge is 0.0596 e. The quantitative estimate of drug-likeness (QED) is 0.454. The molecular formula is C6H11N2P. The SMILES string of the molecule is C=C/C(N)=C(\C=C)NP. The molecule has 0 heterocycles. The predicted molar refractivity (Wildman–Crippen MR) is 44.5 cm³/mol. The Morgan fingerprint density at radius 2 is 2.00 bits per heavy atom. The molecular weight excluding hydrogens is 131 g/mol. The van der Waals surface area contributed by atoms with Crippen LogP contribution in [0, 0.1) is 0 Å². The van der Waals surface area contributed by atoms with Gasteiger partial charge in [0.25, 0.3) is 0 Å². The van der Waals surface area contributed by atoms with Crippen LogP contribution in [-0.2, 0) is 0 Å². The highest BCUT2D eigenvalue weighted by Gasteiger charge is 1.88. The van der Waals surface area contributed by atoms with Crippen LogP contribution in [0.25, 0.3) is 0 Å². The van der Waals surface area contributed by atoms with Gasteiger partial charge < -0.3 is 10.8 Å². The highest BCUT2D eigenvalue weighted by atomic mass is 31.0. The average Bonchev–Trinajstić information content (AvgIpc) is 1.90. The Balaban J connectivity index is 4.36. The third kappa shape index (κ3) is 2.34. The predicted octanol–water partition coefficient (Wildman–Crippen LogP) is 0.908. The van der Waals surface area contributed by atoms with Crippen LogP contribution >= 0.6 is 9.39 Å². The van der Waals surface area contributed by atoms with Crippen molar-refractivity contribution in [1.82, 2.24) is 5.09 Å². The maximum atomic E-state index is 5.45. The van der Waals surface area contributed by atoms with Crippen LogP contribution in [0.15, 0.2) is 36.7 Å². The summed E-state index contributed by atoms with van der Waals surface area (Å²) in [6.45, 7) is 7.04. The van der Waals surface area contributed by atoms with Gasteiger partial charge in [-0.2, -0.15) is 0 Å². The van der Waals surface area contributed by atoms with Gasteiger partial charge in [-0.15, -0.1) is 0 Å². The van der Waals surface area contributed by atoms with Crippen LogP contribution in [-0.4, -0.2) is 0 Å². The van der Waals surface area contributed by atoms with Crippen LogP contribution in [0.4, 0.5) is 0 Å². The van der Waals surface area contributed by atoms with Gasteiger partial charge >= 0.3 is 0 Å². The summed E-state index contributed by atoms with van der Waals surface area (Å²) in [7, 11) is 2.33. The summed E-state index contributed by atoms with van der Waals surface area (Å²) in [6, 6.07) is 0. The first-order valence-electron chi connectivity index (χ1n) is 2.47. The summed E-state index contributed by atoms with van der Waals surface area (Å²) in [5, 5.41) is 2.78. The average molecular weight is 142 g/mol. The molecule has 3 N–H and O–H groups in total. The molecule has 50 valence electrons. The van der Waals surface area contributed by atoms with Gasteiger partial charge in [0.2, 0.25) is 0 Å². The molecule has 0 bridgehead atoms. The first kappa shape index (κ1) is 8.25. The van der Waals surface area contributed by atoms with Crippen molar-refractivity contribution in [3.8, 4) is 0 Å². The van der Waals surface area contributed by atoms with Crippen molar-refractivity contribution in [3.63, 3.8) is 0 Å². The van der Waals surface area contributed by atoms with Gasteiger partial charge in [-0.1, -0.05) is 13.2 Å². The van der Waals surface area contributed by atoms with Crippen molar-refractivity contribution in [2.75, 3.05) is 0 Å². The Hall–Kier alpha value is -0.750. The Labute approximate surface area is 57.8 Å². The van der Waals surface area contributed by atoms with E-state index in [0.717, 1.165) is 5.70 Å². The molecule has 0 amide bonds. The number of nitrogens with two attached hydrogens (primary N) is 1. The molecule has 0 saturated heterocycles. The number of hydrogen-bond acceptors (Lipinski definition) is 2. The van der Waals surface area contributed by atoms with Gasteiger partial charge in [-0.05, 0) is 21.5 Å². The fourth-order valence-corrected chi connectivity index (χ4v) is 0.655. The fourth-order valence-electron chi connectivity index (χ4n) is 0.370. The summed E-state index contributed by atoms with van der Waals surface area (Å²) < 4.78 is 0. The molecule has 0 aromatic heterocycles. The molecule has 0 aliphatic heterocycles. The van der Waals surface area contributed by atoms with E-state index in [1.165, 1.54) is 0 Å². The summed E-state index contributed by atoms with van der Waals surface area (Å²) in [4.78, 5) is 0. The second kappa shape index (κ2) is 4.16. The molecule has 9 heavy (non-hydrogen) atoms. The van der Waals surface area contributed by atoms with Crippen LogP contribution in [0.2, 0.25) is 0 Å². The number of hydrogen-bond donors (Lipinski definition) is 2. The van der Waals surface area contributed by atoms with Gasteiger partial charge in [0.1, 0.15) is 0 Å². The molecule has 2 nitrogen and oxygen atoms in total. The summed E-state index contributed by atoms with van der Waals surface area (Å²) in [6.07, 6.45) is 3.19. The molecule has 0 spiro atoms. The van der Waals surface area contributed by atoms with E-state index in [2.05, 4.69) is 27.6 Å². The van der Waals surface area contributed by atoms with E-state index in [0.29, 0.717) is 5.70 Å². The molecule has 1 unspecified atom stereocenters. The van der Waals surface area contributed by atoms with Gasteiger partial charge in [-0.3, -0.25) is 0 Å². The first-order chi connectivity index (χ1) is 4.26. The Bertz CT molecular complexity index is 149. The van der Waals surface area contributed by atoms with Crippen molar-refractivity contribution in [2.24, 2.45) is 5.73 Å². The standard InChI is InChI=1S/C6H11N2P/c1-3-5(7)6(4-2)8-9/h3-4,8H,1-2,7,9H2/b6-5-. The maximum Gasteiger partial charge on any atom is 0.0596 e. The minimum Gasteiger partial charge on any atom is -0.397 e. The van der Waals surface area contributed by atoms with E-state index in [-0.39, 0.29) is 0 Å². The summed E-state index contributed by atoms with van der Waals surface area (Å²) in [5.74, 6) is 0. The van der Waals surface area contributed by atoms with Gasteiger partial charge in [-0.25, -0.2) is 0 Å². The lowest BCUT2D eigenvalue weighted by atomic mass is 10.3. The monoisotopic (exact) mass is 142 g/mol. The van der Waals surface area contributed by atoms with E-state index in [9.17, 15) is 0 Å². The fraction of sp³-hybridized carbons (Fsp3) is 0. The van der Waals surface area contributed by atoms with Crippen molar-refractivity contribution in [1.29, 1.82) is 0 Å². The lowest BCUT2D eigenvalue weighted by Gasteiger charge is -2.00. The second-order valence-corrected chi connectivity index (χ2v) is 1.71. The highest BCUT2D eigenvalue weighted by Crippen LogP contribution is 1.97. The molecule has 0 rings (SSSR count). The Morgan fingerprint density at radius 3 is 2.11 bits per heavy atom. The van der Waals surface area contributed by atoms with Gasteiger partial charge in [0.15, 0.2) is 0 Å². The molecule has 3 heteroatoms. The van der Waals surface area contributed by atoms with E-state index >= 15 is 0 Å². The second-order valence-electron chi connectivity index (χ2n) is 1.42. The van der Waals surface area contributed by atoms with Crippen LogP contribution in [0.5, 0.6) is 0 Å². The van der Waals surface area contributed by atoms with Gasteiger partial charge in [0.05, 0.1) is 11.4 Å². The number of allylic oxidation sites excluding steroid dienone is 2. The normalized spacial score (nSPS) is 11.7. The Morgan fingerprint density at radius 1 is 1.44 bits per heavy atom. The molecule has 0 radical (unpaired) electrons. The molecule has 0 fully saturated rings. The lowest BCUT2D eigenvalue weighted by Crippen LogP contribution is -2.05. The van der Waals surface area contributed by atoms with Crippen LogP contribution in [0.1, 0.15) is 0 Å².